The second-order valence-corrected chi connectivity index (χ2v) is 13.8. The van der Waals surface area contributed by atoms with Crippen LogP contribution in [0.15, 0.2) is 11.6 Å². The van der Waals surface area contributed by atoms with E-state index in [1.54, 1.807) is 0 Å². The molecule has 7 unspecified atom stereocenters. The molecule has 0 aromatic carbocycles. The third kappa shape index (κ3) is 6.87. The fourth-order valence-corrected chi connectivity index (χ4v) is 8.98. The first kappa shape index (κ1) is 30.9. The average Bonchev–Trinajstić information content (AvgIpc) is 3.26. The van der Waals surface area contributed by atoms with Gasteiger partial charge in [-0.2, -0.15) is 0 Å². The highest BCUT2D eigenvalue weighted by atomic mass is 16.8. The molecule has 0 N–H and O–H groups in total. The highest BCUT2D eigenvalue weighted by Crippen LogP contribution is 2.66. The summed E-state index contributed by atoms with van der Waals surface area (Å²) in [6, 6.07) is 0. The number of ether oxygens (including phenoxy) is 4. The van der Waals surface area contributed by atoms with Crippen molar-refractivity contribution in [2.45, 2.75) is 124 Å². The van der Waals surface area contributed by atoms with E-state index in [0.717, 1.165) is 48.9 Å². The Balaban J connectivity index is 1.27. The Morgan fingerprint density at radius 2 is 1.73 bits per heavy atom. The van der Waals surface area contributed by atoms with E-state index in [-0.39, 0.29) is 30.3 Å². The fraction of sp³-hybridized carbons (Fsp3) is 0.848. The summed E-state index contributed by atoms with van der Waals surface area (Å²) in [6.45, 7) is 9.26. The van der Waals surface area contributed by atoms with Crippen LogP contribution < -0.4 is 0 Å². The zero-order valence-electron chi connectivity index (χ0n) is 25.5. The van der Waals surface area contributed by atoms with Gasteiger partial charge in [0.05, 0.1) is 20.0 Å². The zero-order chi connectivity index (χ0) is 28.9. The van der Waals surface area contributed by atoms with Crippen LogP contribution in [0, 0.1) is 40.4 Å². The molecule has 0 aliphatic heterocycles. The third-order valence-corrected chi connectivity index (χ3v) is 11.2. The van der Waals surface area contributed by atoms with Crippen molar-refractivity contribution in [3.8, 4) is 0 Å². The molecule has 3 saturated carbocycles. The first-order valence-corrected chi connectivity index (χ1v) is 15.8. The summed E-state index contributed by atoms with van der Waals surface area (Å²) in [5, 5.41) is 0. The van der Waals surface area contributed by atoms with Crippen LogP contribution in [0.4, 0.5) is 4.79 Å². The lowest BCUT2D eigenvalue weighted by atomic mass is 9.47. The van der Waals surface area contributed by atoms with Crippen molar-refractivity contribution in [1.29, 1.82) is 0 Å². The molecule has 4 aliphatic carbocycles. The lowest BCUT2D eigenvalue weighted by Gasteiger charge is -2.58. The van der Waals surface area contributed by atoms with Gasteiger partial charge in [0.25, 0.3) is 0 Å². The molecule has 40 heavy (non-hydrogen) atoms. The fourth-order valence-electron chi connectivity index (χ4n) is 8.98. The number of methoxy groups -OCH3 is 1. The number of fused-ring (bicyclic) bond motifs is 5. The summed E-state index contributed by atoms with van der Waals surface area (Å²) in [7, 11) is 1.17. The van der Waals surface area contributed by atoms with Crippen LogP contribution in [0.1, 0.15) is 118 Å². The number of rotatable bonds is 11. The molecule has 7 atom stereocenters. The second-order valence-electron chi connectivity index (χ2n) is 13.8. The van der Waals surface area contributed by atoms with Gasteiger partial charge in [-0.05, 0) is 91.8 Å². The molecule has 7 heteroatoms. The Hall–Kier alpha value is -2.05. The number of esters is 2. The molecular formula is C33H52O7. The Kier molecular flexibility index (Phi) is 10.3. The number of unbranched alkanes of at least 4 members (excludes halogenated alkanes) is 1. The summed E-state index contributed by atoms with van der Waals surface area (Å²) in [5.41, 5.74) is 2.22. The van der Waals surface area contributed by atoms with Crippen molar-refractivity contribution in [3.63, 3.8) is 0 Å². The van der Waals surface area contributed by atoms with E-state index in [1.807, 2.05) is 0 Å². The van der Waals surface area contributed by atoms with Crippen LogP contribution in [0.3, 0.4) is 0 Å². The standard InChI is InChI=1S/C33H52O7/c1-22(2)8-6-7-9-23-11-13-27-26-12-10-24-20-25(16-18-33(24,4)28(26)17-19-32(23,27)3)40-30(35)15-14-29(34)38-21-39-31(36)37-5/h10,22-23,25-28H,6-9,11-21H2,1-5H3. The van der Waals surface area contributed by atoms with Crippen LogP contribution in [-0.2, 0) is 28.5 Å². The predicted octanol–water partition coefficient (Wildman–Crippen LogP) is 7.76. The minimum atomic E-state index is -0.929. The topological polar surface area (TPSA) is 88.1 Å². The molecular weight excluding hydrogens is 508 g/mol. The molecule has 0 spiro atoms. The number of hydrogen-bond donors (Lipinski definition) is 0. The first-order chi connectivity index (χ1) is 19.1. The molecule has 0 aromatic rings. The molecule has 0 radical (unpaired) electrons. The predicted molar refractivity (Wildman–Crippen MR) is 152 cm³/mol. The number of carbonyl (C=O) groups excluding carboxylic acids is 3. The molecule has 0 amide bonds. The quantitative estimate of drug-likeness (QED) is 0.0839. The Morgan fingerprint density at radius 3 is 2.48 bits per heavy atom. The van der Waals surface area contributed by atoms with E-state index < -0.39 is 18.9 Å². The molecule has 4 aliphatic rings. The molecule has 0 bridgehead atoms. The van der Waals surface area contributed by atoms with E-state index in [2.05, 4.69) is 43.2 Å². The van der Waals surface area contributed by atoms with E-state index >= 15 is 0 Å². The maximum Gasteiger partial charge on any atom is 0.510 e. The third-order valence-electron chi connectivity index (χ3n) is 11.2. The SMILES string of the molecule is COC(=O)OCOC(=O)CCC(=O)OC1CCC2(C)C(=CCC3C2CCC2(C)C(CCCCC(C)C)CCC32)C1. The van der Waals surface area contributed by atoms with Crippen molar-refractivity contribution < 1.29 is 33.3 Å². The van der Waals surface area contributed by atoms with E-state index in [0.29, 0.717) is 5.41 Å². The number of carbonyl (C=O) groups is 3. The smallest absolute Gasteiger partial charge is 0.462 e. The van der Waals surface area contributed by atoms with Crippen LogP contribution in [0.2, 0.25) is 0 Å². The normalized spacial score (nSPS) is 34.6. The minimum Gasteiger partial charge on any atom is -0.462 e. The Labute approximate surface area is 241 Å². The largest absolute Gasteiger partial charge is 0.510 e. The van der Waals surface area contributed by atoms with Crippen molar-refractivity contribution in [2.75, 3.05) is 13.9 Å². The summed E-state index contributed by atoms with van der Waals surface area (Å²) in [4.78, 5) is 35.2. The van der Waals surface area contributed by atoms with Crippen LogP contribution in [0.25, 0.3) is 0 Å². The van der Waals surface area contributed by atoms with Crippen molar-refractivity contribution in [2.24, 2.45) is 40.4 Å². The van der Waals surface area contributed by atoms with Gasteiger partial charge in [0.1, 0.15) is 6.10 Å². The summed E-state index contributed by atoms with van der Waals surface area (Å²) in [5.74, 6) is 3.10. The van der Waals surface area contributed by atoms with Gasteiger partial charge in [-0.15, -0.1) is 0 Å². The number of allylic oxidation sites excluding steroid dienone is 1. The van der Waals surface area contributed by atoms with Gasteiger partial charge in [0.15, 0.2) is 0 Å². The van der Waals surface area contributed by atoms with Crippen LogP contribution in [-0.4, -0.2) is 38.1 Å². The number of hydrogen-bond acceptors (Lipinski definition) is 7. The van der Waals surface area contributed by atoms with Crippen molar-refractivity contribution >= 4 is 18.1 Å². The Bertz CT molecular complexity index is 941. The monoisotopic (exact) mass is 560 g/mol. The lowest BCUT2D eigenvalue weighted by Crippen LogP contribution is -2.50. The van der Waals surface area contributed by atoms with E-state index in [9.17, 15) is 14.4 Å². The van der Waals surface area contributed by atoms with E-state index in [1.165, 1.54) is 70.5 Å². The van der Waals surface area contributed by atoms with Crippen molar-refractivity contribution in [3.05, 3.63) is 11.6 Å². The van der Waals surface area contributed by atoms with Gasteiger partial charge in [0, 0.05) is 6.42 Å². The highest BCUT2D eigenvalue weighted by molar-refractivity contribution is 5.77. The van der Waals surface area contributed by atoms with Gasteiger partial charge in [0.2, 0.25) is 6.79 Å². The molecule has 226 valence electrons. The highest BCUT2D eigenvalue weighted by Gasteiger charge is 2.58. The van der Waals surface area contributed by atoms with Gasteiger partial charge < -0.3 is 18.9 Å². The Morgan fingerprint density at radius 1 is 0.950 bits per heavy atom. The van der Waals surface area contributed by atoms with E-state index in [4.69, 9.17) is 9.47 Å². The summed E-state index contributed by atoms with van der Waals surface area (Å²) in [6.07, 6.45) is 16.3. The molecule has 4 rings (SSSR count). The van der Waals surface area contributed by atoms with Gasteiger partial charge in [-0.25, -0.2) is 4.79 Å². The molecule has 0 heterocycles. The molecule has 3 fully saturated rings. The average molecular weight is 561 g/mol. The maximum absolute atomic E-state index is 12.5. The second kappa shape index (κ2) is 13.3. The van der Waals surface area contributed by atoms with Gasteiger partial charge in [-0.1, -0.05) is 58.6 Å². The summed E-state index contributed by atoms with van der Waals surface area (Å²) >= 11 is 0. The van der Waals surface area contributed by atoms with Crippen molar-refractivity contribution in [1.82, 2.24) is 0 Å². The van der Waals surface area contributed by atoms with Crippen LogP contribution in [0.5, 0.6) is 0 Å². The van der Waals surface area contributed by atoms with Crippen LogP contribution >= 0.6 is 0 Å². The lowest BCUT2D eigenvalue weighted by molar-refractivity contribution is -0.159. The summed E-state index contributed by atoms with van der Waals surface area (Å²) < 4.78 is 19.4. The molecule has 0 aromatic heterocycles. The van der Waals surface area contributed by atoms with Gasteiger partial charge >= 0.3 is 18.1 Å². The zero-order valence-corrected chi connectivity index (χ0v) is 25.5. The maximum atomic E-state index is 12.5. The molecule has 7 nitrogen and oxygen atoms in total. The van der Waals surface area contributed by atoms with Gasteiger partial charge in [-0.3, -0.25) is 9.59 Å². The first-order valence-electron chi connectivity index (χ1n) is 15.8. The molecule has 0 saturated heterocycles. The minimum absolute atomic E-state index is 0.0481.